The number of ether oxygens (including phenoxy) is 1. The molecule has 0 aliphatic carbocycles. The molecule has 100 valence electrons. The van der Waals surface area contributed by atoms with Crippen LogP contribution in [0.15, 0.2) is 24.3 Å². The normalized spacial score (nSPS) is 11.3. The Labute approximate surface area is 108 Å². The van der Waals surface area contributed by atoms with Gasteiger partial charge in [0.05, 0.1) is 17.9 Å². The zero-order valence-electron chi connectivity index (χ0n) is 9.79. The van der Waals surface area contributed by atoms with E-state index in [0.717, 1.165) is 17.7 Å². The second-order valence-corrected chi connectivity index (χ2v) is 4.48. The monoisotopic (exact) mass is 278 g/mol. The van der Waals surface area contributed by atoms with Crippen LogP contribution in [-0.4, -0.2) is 18.3 Å². The van der Waals surface area contributed by atoms with Crippen molar-refractivity contribution >= 4 is 17.7 Å². The molecule has 0 unspecified atom stereocenters. The van der Waals surface area contributed by atoms with Gasteiger partial charge in [0.1, 0.15) is 0 Å². The molecule has 0 spiro atoms. The van der Waals surface area contributed by atoms with E-state index in [-0.39, 0.29) is 11.7 Å². The van der Waals surface area contributed by atoms with Crippen LogP contribution in [0.1, 0.15) is 18.1 Å². The highest BCUT2D eigenvalue weighted by Gasteiger charge is 2.29. The average Bonchev–Trinajstić information content (AvgIpc) is 2.29. The molecule has 0 N–H and O–H groups in total. The molecule has 0 radical (unpaired) electrons. The Morgan fingerprint density at radius 1 is 1.28 bits per heavy atom. The van der Waals surface area contributed by atoms with Gasteiger partial charge in [-0.2, -0.15) is 13.2 Å². The number of halogens is 3. The van der Waals surface area contributed by atoms with Crippen LogP contribution in [0.25, 0.3) is 0 Å². The van der Waals surface area contributed by atoms with Crippen molar-refractivity contribution in [1.82, 2.24) is 0 Å². The fourth-order valence-corrected chi connectivity index (χ4v) is 2.03. The van der Waals surface area contributed by atoms with Gasteiger partial charge < -0.3 is 4.74 Å². The molecule has 0 bridgehead atoms. The Kier molecular flexibility index (Phi) is 5.53. The van der Waals surface area contributed by atoms with Gasteiger partial charge in [0.25, 0.3) is 0 Å². The summed E-state index contributed by atoms with van der Waals surface area (Å²) in [4.78, 5) is 11.0. The van der Waals surface area contributed by atoms with E-state index in [9.17, 15) is 18.0 Å². The predicted octanol–water partition coefficient (Wildman–Crippen LogP) is 3.50. The highest BCUT2D eigenvalue weighted by Crippen LogP contribution is 2.29. The van der Waals surface area contributed by atoms with E-state index in [1.807, 2.05) is 0 Å². The summed E-state index contributed by atoms with van der Waals surface area (Å²) in [5.41, 5.74) is 0.0824. The first-order valence-electron chi connectivity index (χ1n) is 5.33. The molecule has 0 aromatic heterocycles. The highest BCUT2D eigenvalue weighted by molar-refractivity contribution is 7.99. The summed E-state index contributed by atoms with van der Waals surface area (Å²) in [6.45, 7) is 2.05. The Bertz CT molecular complexity index is 387. The van der Waals surface area contributed by atoms with Crippen LogP contribution in [0, 0.1) is 0 Å². The number of carbonyl (C=O) groups is 1. The molecule has 2 nitrogen and oxygen atoms in total. The van der Waals surface area contributed by atoms with Gasteiger partial charge in [-0.25, -0.2) is 0 Å². The standard InChI is InChI=1S/C12H13F3O2S/c1-2-17-11(16)8-18-7-9-3-5-10(6-4-9)12(13,14)15/h3-6H,2,7-8H2,1H3. The molecule has 1 rings (SSSR count). The molecule has 0 heterocycles. The van der Waals surface area contributed by atoms with Gasteiger partial charge in [-0.3, -0.25) is 4.79 Å². The minimum absolute atomic E-state index is 0.203. The summed E-state index contributed by atoms with van der Waals surface area (Å²) in [5, 5.41) is 0. The Morgan fingerprint density at radius 3 is 2.39 bits per heavy atom. The van der Waals surface area contributed by atoms with Crippen LogP contribution in [0.5, 0.6) is 0 Å². The average molecular weight is 278 g/mol. The van der Waals surface area contributed by atoms with Crippen molar-refractivity contribution < 1.29 is 22.7 Å². The van der Waals surface area contributed by atoms with Gasteiger partial charge in [0, 0.05) is 5.75 Å². The van der Waals surface area contributed by atoms with Crippen LogP contribution in [-0.2, 0) is 21.5 Å². The number of hydrogen-bond acceptors (Lipinski definition) is 3. The van der Waals surface area contributed by atoms with Gasteiger partial charge in [-0.05, 0) is 24.6 Å². The Balaban J connectivity index is 2.42. The van der Waals surface area contributed by atoms with Crippen molar-refractivity contribution in [3.8, 4) is 0 Å². The second-order valence-electron chi connectivity index (χ2n) is 3.49. The third kappa shape index (κ3) is 5.00. The topological polar surface area (TPSA) is 26.3 Å². The molecule has 0 saturated carbocycles. The molecule has 0 aliphatic rings. The van der Waals surface area contributed by atoms with Crippen molar-refractivity contribution in [2.24, 2.45) is 0 Å². The maximum absolute atomic E-state index is 12.3. The lowest BCUT2D eigenvalue weighted by Crippen LogP contribution is -2.07. The van der Waals surface area contributed by atoms with Gasteiger partial charge >= 0.3 is 12.1 Å². The van der Waals surface area contributed by atoms with Crippen LogP contribution in [0.3, 0.4) is 0 Å². The highest BCUT2D eigenvalue weighted by atomic mass is 32.2. The first-order chi connectivity index (χ1) is 8.43. The third-order valence-electron chi connectivity index (χ3n) is 2.08. The summed E-state index contributed by atoms with van der Waals surface area (Å²) < 4.78 is 41.6. The number of rotatable bonds is 5. The number of esters is 1. The van der Waals surface area contributed by atoms with E-state index in [0.29, 0.717) is 12.4 Å². The van der Waals surface area contributed by atoms with Crippen LogP contribution in [0.4, 0.5) is 13.2 Å². The predicted molar refractivity (Wildman–Crippen MR) is 64.2 cm³/mol. The molecule has 0 amide bonds. The van der Waals surface area contributed by atoms with Gasteiger partial charge in [0.2, 0.25) is 0 Å². The third-order valence-corrected chi connectivity index (χ3v) is 3.05. The maximum atomic E-state index is 12.3. The minimum Gasteiger partial charge on any atom is -0.465 e. The summed E-state index contributed by atoms with van der Waals surface area (Å²) in [6, 6.07) is 4.92. The van der Waals surface area contributed by atoms with Crippen LogP contribution >= 0.6 is 11.8 Å². The Morgan fingerprint density at radius 2 is 1.89 bits per heavy atom. The summed E-state index contributed by atoms with van der Waals surface area (Å²) in [6.07, 6.45) is -4.31. The fraction of sp³-hybridized carbons (Fsp3) is 0.417. The molecule has 6 heteroatoms. The van der Waals surface area contributed by atoms with E-state index in [1.54, 1.807) is 6.92 Å². The Hall–Kier alpha value is -1.17. The number of hydrogen-bond donors (Lipinski definition) is 0. The van der Waals surface area contributed by atoms with Crippen LogP contribution in [0.2, 0.25) is 0 Å². The van der Waals surface area contributed by atoms with E-state index >= 15 is 0 Å². The summed E-state index contributed by atoms with van der Waals surface area (Å²) in [7, 11) is 0. The first-order valence-corrected chi connectivity index (χ1v) is 6.48. The molecule has 0 aliphatic heterocycles. The van der Waals surface area contributed by atoms with Crippen molar-refractivity contribution in [2.45, 2.75) is 18.9 Å². The fourth-order valence-electron chi connectivity index (χ4n) is 1.24. The number of alkyl halides is 3. The number of benzene rings is 1. The summed E-state index contributed by atoms with van der Waals surface area (Å²) in [5.74, 6) is 0.376. The molecular formula is C12H13F3O2S. The summed E-state index contributed by atoms with van der Waals surface area (Å²) >= 11 is 1.31. The molecule has 0 saturated heterocycles. The SMILES string of the molecule is CCOC(=O)CSCc1ccc(C(F)(F)F)cc1. The molecule has 0 fully saturated rings. The largest absolute Gasteiger partial charge is 0.465 e. The maximum Gasteiger partial charge on any atom is 0.416 e. The zero-order chi connectivity index (χ0) is 13.6. The van der Waals surface area contributed by atoms with E-state index in [2.05, 4.69) is 0 Å². The zero-order valence-corrected chi connectivity index (χ0v) is 10.6. The number of carbonyl (C=O) groups excluding carboxylic acids is 1. The molecule has 1 aromatic carbocycles. The molecular weight excluding hydrogens is 265 g/mol. The van der Waals surface area contributed by atoms with E-state index in [1.165, 1.54) is 23.9 Å². The lowest BCUT2D eigenvalue weighted by molar-refractivity contribution is -0.140. The van der Waals surface area contributed by atoms with Gasteiger partial charge in [0.15, 0.2) is 0 Å². The van der Waals surface area contributed by atoms with E-state index in [4.69, 9.17) is 4.74 Å². The first kappa shape index (κ1) is 14.9. The minimum atomic E-state index is -4.31. The van der Waals surface area contributed by atoms with Crippen molar-refractivity contribution in [2.75, 3.05) is 12.4 Å². The van der Waals surface area contributed by atoms with Crippen molar-refractivity contribution in [3.05, 3.63) is 35.4 Å². The van der Waals surface area contributed by atoms with Crippen molar-refractivity contribution in [3.63, 3.8) is 0 Å². The number of thioether (sulfide) groups is 1. The van der Waals surface area contributed by atoms with Crippen LogP contribution < -0.4 is 0 Å². The lowest BCUT2D eigenvalue weighted by atomic mass is 10.1. The molecule has 0 atom stereocenters. The van der Waals surface area contributed by atoms with E-state index < -0.39 is 11.7 Å². The molecule has 1 aromatic rings. The van der Waals surface area contributed by atoms with Gasteiger partial charge in [-0.1, -0.05) is 12.1 Å². The van der Waals surface area contributed by atoms with Gasteiger partial charge in [-0.15, -0.1) is 11.8 Å². The second kappa shape index (κ2) is 6.68. The smallest absolute Gasteiger partial charge is 0.416 e. The van der Waals surface area contributed by atoms with Crippen molar-refractivity contribution in [1.29, 1.82) is 0 Å². The quantitative estimate of drug-likeness (QED) is 0.771. The molecule has 18 heavy (non-hydrogen) atoms. The lowest BCUT2D eigenvalue weighted by Gasteiger charge is -2.07.